The molecule has 0 amide bonds. The Bertz CT molecular complexity index is 281. The minimum atomic E-state index is -3.93. The predicted molar refractivity (Wildman–Crippen MR) is 52.6 cm³/mol. The number of hydrogen-bond acceptors (Lipinski definition) is 3. The van der Waals surface area contributed by atoms with E-state index < -0.39 is 10.1 Å². The molecule has 6 heteroatoms. The molecule has 0 rings (SSSR count). The summed E-state index contributed by atoms with van der Waals surface area (Å²) in [7, 11) is -3.93. The van der Waals surface area contributed by atoms with Crippen LogP contribution in [0, 0.1) is 0 Å². The molecule has 4 nitrogen and oxygen atoms in total. The summed E-state index contributed by atoms with van der Waals surface area (Å²) in [6.45, 7) is 4.97. The van der Waals surface area contributed by atoms with Gasteiger partial charge in [-0.15, -0.1) is 0 Å². The molecule has 0 atom stereocenters. The molecule has 0 spiro atoms. The molecular formula is C7H13KO4S. The van der Waals surface area contributed by atoms with Crippen molar-refractivity contribution in [2.45, 2.75) is 19.8 Å². The van der Waals surface area contributed by atoms with E-state index in [1.54, 1.807) is 6.92 Å². The molecule has 0 saturated carbocycles. The van der Waals surface area contributed by atoms with Crippen molar-refractivity contribution < 1.29 is 17.8 Å². The van der Waals surface area contributed by atoms with Gasteiger partial charge in [-0.1, -0.05) is 6.58 Å². The van der Waals surface area contributed by atoms with Gasteiger partial charge in [0.25, 0.3) is 10.1 Å². The number of rotatable bonds is 5. The summed E-state index contributed by atoms with van der Waals surface area (Å²) in [5.74, 6) is -0.537. The van der Waals surface area contributed by atoms with Gasteiger partial charge < -0.3 is 0 Å². The Labute approximate surface area is 121 Å². The normalized spacial score (nSPS) is 10.3. The summed E-state index contributed by atoms with van der Waals surface area (Å²) in [5.41, 5.74) is 0.408. The summed E-state index contributed by atoms with van der Waals surface area (Å²) < 4.78 is 28.7. The van der Waals surface area contributed by atoms with E-state index in [0.29, 0.717) is 5.57 Å². The Morgan fingerprint density at radius 3 is 2.23 bits per heavy atom. The van der Waals surface area contributed by atoms with E-state index in [4.69, 9.17) is 4.55 Å². The molecule has 0 heterocycles. The van der Waals surface area contributed by atoms with Crippen molar-refractivity contribution in [2.24, 2.45) is 0 Å². The zero-order valence-electron chi connectivity index (χ0n) is 6.91. The van der Waals surface area contributed by atoms with Crippen LogP contribution >= 0.6 is 0 Å². The standard InChI is InChI=1S/C7H12O4S.K.H/c1-6(2)7(8)4-3-5-12(9,10)11;;/h1,3-5H2,2H3,(H,9,10,11);;. The average Bonchev–Trinajstić information content (AvgIpc) is 1.84. The van der Waals surface area contributed by atoms with Crippen LogP contribution < -0.4 is 0 Å². The van der Waals surface area contributed by atoms with Crippen LogP contribution in [0.2, 0.25) is 0 Å². The fraction of sp³-hybridized carbons (Fsp3) is 0.571. The quantitative estimate of drug-likeness (QED) is 0.416. The first-order valence-corrected chi connectivity index (χ1v) is 5.07. The molecule has 0 aliphatic rings. The van der Waals surface area contributed by atoms with E-state index in [9.17, 15) is 13.2 Å². The molecule has 0 unspecified atom stereocenters. The summed E-state index contributed by atoms with van der Waals surface area (Å²) >= 11 is 0. The number of hydrogen-bond donors (Lipinski definition) is 1. The fourth-order valence-electron chi connectivity index (χ4n) is 0.629. The second-order valence-corrected chi connectivity index (χ2v) is 4.17. The van der Waals surface area contributed by atoms with Crippen LogP contribution in [-0.4, -0.2) is 75.9 Å². The van der Waals surface area contributed by atoms with Crippen LogP contribution in [0.15, 0.2) is 12.2 Å². The molecule has 0 aromatic rings. The maximum absolute atomic E-state index is 10.9. The number of ketones is 1. The molecule has 0 bridgehead atoms. The van der Waals surface area contributed by atoms with Gasteiger partial charge in [-0.25, -0.2) is 0 Å². The summed E-state index contributed by atoms with van der Waals surface area (Å²) in [4.78, 5) is 10.9. The predicted octanol–water partition coefficient (Wildman–Crippen LogP) is 0.151. The minimum absolute atomic E-state index is 0. The summed E-state index contributed by atoms with van der Waals surface area (Å²) in [5, 5.41) is 0. The first-order chi connectivity index (χ1) is 5.33. The molecule has 0 fully saturated rings. The van der Waals surface area contributed by atoms with Crippen molar-refractivity contribution in [1.82, 2.24) is 0 Å². The van der Waals surface area contributed by atoms with Crippen molar-refractivity contribution in [3.05, 3.63) is 12.2 Å². The molecule has 0 aliphatic carbocycles. The van der Waals surface area contributed by atoms with Crippen molar-refractivity contribution in [3.8, 4) is 0 Å². The Morgan fingerprint density at radius 2 is 1.92 bits per heavy atom. The van der Waals surface area contributed by atoms with Gasteiger partial charge >= 0.3 is 51.4 Å². The van der Waals surface area contributed by atoms with Crippen LogP contribution in [0.3, 0.4) is 0 Å². The van der Waals surface area contributed by atoms with Crippen LogP contribution in [0.25, 0.3) is 0 Å². The van der Waals surface area contributed by atoms with Crippen LogP contribution in [0.4, 0.5) is 0 Å². The van der Waals surface area contributed by atoms with Gasteiger partial charge in [-0.05, 0) is 18.9 Å². The van der Waals surface area contributed by atoms with E-state index >= 15 is 0 Å². The van der Waals surface area contributed by atoms with E-state index in [1.165, 1.54) is 0 Å². The van der Waals surface area contributed by atoms with Gasteiger partial charge in [-0.2, -0.15) is 8.42 Å². The van der Waals surface area contributed by atoms with Gasteiger partial charge in [0, 0.05) is 6.42 Å². The first kappa shape index (κ1) is 16.4. The van der Waals surface area contributed by atoms with Crippen molar-refractivity contribution in [2.75, 3.05) is 5.75 Å². The molecular weight excluding hydrogens is 219 g/mol. The molecule has 13 heavy (non-hydrogen) atoms. The Morgan fingerprint density at radius 1 is 1.46 bits per heavy atom. The first-order valence-electron chi connectivity index (χ1n) is 3.47. The van der Waals surface area contributed by atoms with Gasteiger partial charge in [-0.3, -0.25) is 9.35 Å². The fourth-order valence-corrected chi connectivity index (χ4v) is 1.14. The molecule has 0 aromatic heterocycles. The van der Waals surface area contributed by atoms with E-state index in [0.717, 1.165) is 0 Å². The SMILES string of the molecule is C=C(C)C(=O)CCCS(=O)(=O)O.[KH]. The number of carbonyl (C=O) groups excluding carboxylic acids is 1. The summed E-state index contributed by atoms with van der Waals surface area (Å²) in [6, 6.07) is 0. The molecule has 0 radical (unpaired) electrons. The molecule has 0 aromatic carbocycles. The van der Waals surface area contributed by atoms with Gasteiger partial charge in [0.05, 0.1) is 5.75 Å². The monoisotopic (exact) mass is 232 g/mol. The van der Waals surface area contributed by atoms with Crippen LogP contribution in [0.5, 0.6) is 0 Å². The molecule has 0 aliphatic heterocycles. The molecule has 1 N–H and O–H groups in total. The Balaban J connectivity index is 0. The van der Waals surface area contributed by atoms with E-state index in [1.807, 2.05) is 0 Å². The third kappa shape index (κ3) is 10.9. The van der Waals surface area contributed by atoms with Crippen LogP contribution in [-0.2, 0) is 14.9 Å². The zero-order chi connectivity index (χ0) is 9.78. The van der Waals surface area contributed by atoms with E-state index in [2.05, 4.69) is 6.58 Å². The average molecular weight is 232 g/mol. The number of carbonyl (C=O) groups is 1. The number of allylic oxidation sites excluding steroid dienone is 1. The molecule has 72 valence electrons. The van der Waals surface area contributed by atoms with E-state index in [-0.39, 0.29) is 75.8 Å². The van der Waals surface area contributed by atoms with Crippen molar-refractivity contribution in [3.63, 3.8) is 0 Å². The third-order valence-corrected chi connectivity index (χ3v) is 2.09. The van der Waals surface area contributed by atoms with Crippen molar-refractivity contribution >= 4 is 67.3 Å². The second-order valence-electron chi connectivity index (χ2n) is 2.59. The summed E-state index contributed by atoms with van der Waals surface area (Å²) in [6.07, 6.45) is 0.264. The zero-order valence-corrected chi connectivity index (χ0v) is 7.73. The van der Waals surface area contributed by atoms with Gasteiger partial charge in [0.1, 0.15) is 0 Å². The Hall–Kier alpha value is 0.956. The van der Waals surface area contributed by atoms with Gasteiger partial charge in [0.15, 0.2) is 5.78 Å². The Kier molecular flexibility index (Phi) is 9.17. The maximum atomic E-state index is 10.9. The van der Waals surface area contributed by atoms with Crippen LogP contribution in [0.1, 0.15) is 19.8 Å². The topological polar surface area (TPSA) is 71.4 Å². The second kappa shape index (κ2) is 7.27. The third-order valence-electron chi connectivity index (χ3n) is 1.28. The number of Topliss-reactive ketones (excluding diaryl/α,β-unsaturated/α-hetero) is 1. The van der Waals surface area contributed by atoms with Crippen molar-refractivity contribution in [1.29, 1.82) is 0 Å². The molecule has 0 saturated heterocycles. The van der Waals surface area contributed by atoms with Gasteiger partial charge in [0.2, 0.25) is 0 Å².